The molecule has 7 heteroatoms. The molecule has 3 N–H and O–H groups in total. The van der Waals surface area contributed by atoms with Gasteiger partial charge in [0.05, 0.1) is 5.92 Å². The number of amides is 1. The van der Waals surface area contributed by atoms with Crippen molar-refractivity contribution >= 4 is 18.0 Å². The molecule has 0 spiro atoms. The Morgan fingerprint density at radius 1 is 1.08 bits per heavy atom. The van der Waals surface area contributed by atoms with Gasteiger partial charge in [-0.05, 0) is 17.4 Å². The fourth-order valence-corrected chi connectivity index (χ4v) is 2.19. The average Bonchev–Trinajstić information content (AvgIpc) is 2.48. The Bertz CT molecular complexity index is 578. The molecule has 0 saturated carbocycles. The maximum absolute atomic E-state index is 11.8. The molecular weight excluding hydrogens is 314 g/mol. The van der Waals surface area contributed by atoms with Crippen LogP contribution in [0, 0.1) is 11.3 Å². The lowest BCUT2D eigenvalue weighted by Crippen LogP contribution is -2.45. The van der Waals surface area contributed by atoms with Crippen molar-refractivity contribution in [1.82, 2.24) is 5.32 Å². The van der Waals surface area contributed by atoms with E-state index >= 15 is 0 Å². The molecule has 0 saturated heterocycles. The fourth-order valence-electron chi connectivity index (χ4n) is 2.19. The van der Waals surface area contributed by atoms with E-state index in [9.17, 15) is 24.6 Å². The van der Waals surface area contributed by atoms with E-state index in [1.165, 1.54) is 0 Å². The summed E-state index contributed by atoms with van der Waals surface area (Å²) in [6, 6.07) is 7.59. The highest BCUT2D eigenvalue weighted by molar-refractivity contribution is 5.81. The molecule has 0 aliphatic heterocycles. The van der Waals surface area contributed by atoms with Gasteiger partial charge in [0.2, 0.25) is 0 Å². The van der Waals surface area contributed by atoms with Crippen LogP contribution in [0.5, 0.6) is 0 Å². The molecule has 0 radical (unpaired) electrons. The van der Waals surface area contributed by atoms with Gasteiger partial charge in [0.1, 0.15) is 12.6 Å². The van der Waals surface area contributed by atoms with Crippen LogP contribution < -0.4 is 5.32 Å². The highest BCUT2D eigenvalue weighted by atomic mass is 16.5. The minimum Gasteiger partial charge on any atom is -0.481 e. The maximum atomic E-state index is 11.8. The van der Waals surface area contributed by atoms with E-state index in [2.05, 4.69) is 5.32 Å². The first kappa shape index (κ1) is 19.5. The van der Waals surface area contributed by atoms with E-state index in [4.69, 9.17) is 4.74 Å². The number of nitrogens with one attached hydrogen (secondary N) is 1. The number of carbonyl (C=O) groups is 3. The molecule has 1 aromatic carbocycles. The zero-order valence-corrected chi connectivity index (χ0v) is 14.0. The Hall–Kier alpha value is -2.57. The molecule has 1 unspecified atom stereocenters. The van der Waals surface area contributed by atoms with Gasteiger partial charge >= 0.3 is 18.0 Å². The third-order valence-electron chi connectivity index (χ3n) is 3.62. The normalized spacial score (nSPS) is 13.6. The van der Waals surface area contributed by atoms with Crippen LogP contribution in [-0.2, 0) is 20.9 Å². The van der Waals surface area contributed by atoms with Gasteiger partial charge in [0.25, 0.3) is 0 Å². The van der Waals surface area contributed by atoms with Gasteiger partial charge < -0.3 is 20.3 Å². The molecule has 1 aromatic rings. The second-order valence-corrected chi connectivity index (χ2v) is 6.59. The predicted molar refractivity (Wildman–Crippen MR) is 86.4 cm³/mol. The number of hydrogen-bond acceptors (Lipinski definition) is 4. The van der Waals surface area contributed by atoms with Gasteiger partial charge in [-0.25, -0.2) is 9.59 Å². The molecule has 0 aliphatic rings. The lowest BCUT2D eigenvalue weighted by atomic mass is 9.77. The summed E-state index contributed by atoms with van der Waals surface area (Å²) in [6.07, 6.45) is -1.13. The molecule has 0 aromatic heterocycles. The second-order valence-electron chi connectivity index (χ2n) is 6.59. The van der Waals surface area contributed by atoms with E-state index in [1.54, 1.807) is 45.0 Å². The first-order valence-corrected chi connectivity index (χ1v) is 7.54. The van der Waals surface area contributed by atoms with E-state index in [-0.39, 0.29) is 13.0 Å². The van der Waals surface area contributed by atoms with Crippen LogP contribution in [0.15, 0.2) is 30.3 Å². The summed E-state index contributed by atoms with van der Waals surface area (Å²) in [6.45, 7) is 5.12. The van der Waals surface area contributed by atoms with E-state index in [0.29, 0.717) is 0 Å². The summed E-state index contributed by atoms with van der Waals surface area (Å²) in [5.41, 5.74) is 0.118. The zero-order chi connectivity index (χ0) is 18.3. The molecule has 24 heavy (non-hydrogen) atoms. The van der Waals surface area contributed by atoms with Gasteiger partial charge in [-0.1, -0.05) is 51.1 Å². The summed E-state index contributed by atoms with van der Waals surface area (Å²) >= 11 is 0. The summed E-state index contributed by atoms with van der Waals surface area (Å²) in [7, 11) is 0. The van der Waals surface area contributed by atoms with Gasteiger partial charge in [-0.2, -0.15) is 0 Å². The maximum Gasteiger partial charge on any atom is 0.408 e. The molecule has 0 aliphatic carbocycles. The zero-order valence-electron chi connectivity index (χ0n) is 14.0. The monoisotopic (exact) mass is 337 g/mol. The van der Waals surface area contributed by atoms with E-state index in [1.807, 2.05) is 6.07 Å². The standard InChI is InChI=1S/C17H23NO6/c1-17(2,3)12(14(19)20)9-13(15(21)22)18-16(23)24-10-11-7-5-4-6-8-11/h4-8,12-13H,9-10H2,1-3H3,(H,18,23)(H,19,20)(H,21,22)/t12?,13-/m1/s1. The van der Waals surface area contributed by atoms with Crippen LogP contribution in [0.2, 0.25) is 0 Å². The molecule has 0 fully saturated rings. The Labute approximate surface area is 140 Å². The minimum absolute atomic E-state index is 0.000637. The smallest absolute Gasteiger partial charge is 0.408 e. The highest BCUT2D eigenvalue weighted by Gasteiger charge is 2.36. The molecule has 1 amide bonds. The van der Waals surface area contributed by atoms with E-state index < -0.39 is 35.4 Å². The molecule has 0 heterocycles. The molecule has 132 valence electrons. The molecular formula is C17H23NO6. The van der Waals surface area contributed by atoms with Crippen LogP contribution in [0.3, 0.4) is 0 Å². The highest BCUT2D eigenvalue weighted by Crippen LogP contribution is 2.30. The van der Waals surface area contributed by atoms with Crippen molar-refractivity contribution in [2.24, 2.45) is 11.3 Å². The van der Waals surface area contributed by atoms with Crippen molar-refractivity contribution in [3.8, 4) is 0 Å². The van der Waals surface area contributed by atoms with Crippen molar-refractivity contribution < 1.29 is 29.3 Å². The van der Waals surface area contributed by atoms with Crippen molar-refractivity contribution in [3.05, 3.63) is 35.9 Å². The van der Waals surface area contributed by atoms with Crippen LogP contribution in [-0.4, -0.2) is 34.3 Å². The Kier molecular flexibility index (Phi) is 6.76. The van der Waals surface area contributed by atoms with Crippen molar-refractivity contribution in [3.63, 3.8) is 0 Å². The van der Waals surface area contributed by atoms with Crippen molar-refractivity contribution in [1.29, 1.82) is 0 Å². The predicted octanol–water partition coefficient (Wildman–Crippen LogP) is 2.50. The molecule has 7 nitrogen and oxygen atoms in total. The summed E-state index contributed by atoms with van der Waals surface area (Å²) in [4.78, 5) is 34.5. The van der Waals surface area contributed by atoms with Crippen LogP contribution in [0.4, 0.5) is 4.79 Å². The largest absolute Gasteiger partial charge is 0.481 e. The first-order valence-electron chi connectivity index (χ1n) is 7.54. The Morgan fingerprint density at radius 2 is 1.67 bits per heavy atom. The number of alkyl carbamates (subject to hydrolysis) is 1. The number of rotatable bonds is 7. The minimum atomic E-state index is -1.34. The number of ether oxygens (including phenoxy) is 1. The van der Waals surface area contributed by atoms with Crippen LogP contribution in [0.25, 0.3) is 0 Å². The van der Waals surface area contributed by atoms with Gasteiger partial charge in [-0.3, -0.25) is 4.79 Å². The molecule has 0 bridgehead atoms. The average molecular weight is 337 g/mol. The fraction of sp³-hybridized carbons (Fsp3) is 0.471. The van der Waals surface area contributed by atoms with Crippen LogP contribution >= 0.6 is 0 Å². The van der Waals surface area contributed by atoms with E-state index in [0.717, 1.165) is 5.56 Å². The molecule has 1 rings (SSSR count). The summed E-state index contributed by atoms with van der Waals surface area (Å²) < 4.78 is 4.98. The van der Waals surface area contributed by atoms with Crippen molar-refractivity contribution in [2.45, 2.75) is 39.8 Å². The quantitative estimate of drug-likeness (QED) is 0.704. The lowest BCUT2D eigenvalue weighted by Gasteiger charge is -2.29. The number of carboxylic acids is 2. The van der Waals surface area contributed by atoms with Gasteiger partial charge in [-0.15, -0.1) is 0 Å². The topological polar surface area (TPSA) is 113 Å². The first-order chi connectivity index (χ1) is 11.1. The van der Waals surface area contributed by atoms with Gasteiger partial charge in [0.15, 0.2) is 0 Å². The Morgan fingerprint density at radius 3 is 2.12 bits per heavy atom. The lowest BCUT2D eigenvalue weighted by molar-refractivity contribution is -0.147. The summed E-state index contributed by atoms with van der Waals surface area (Å²) in [5.74, 6) is -3.33. The number of benzene rings is 1. The Balaban J connectivity index is 2.66. The summed E-state index contributed by atoms with van der Waals surface area (Å²) in [5, 5.41) is 20.7. The molecule has 2 atom stereocenters. The SMILES string of the molecule is CC(C)(C)C(C[C@@H](NC(=O)OCc1ccccc1)C(=O)O)C(=O)O. The van der Waals surface area contributed by atoms with Gasteiger partial charge in [0, 0.05) is 0 Å². The van der Waals surface area contributed by atoms with Crippen molar-refractivity contribution in [2.75, 3.05) is 0 Å². The third kappa shape index (κ3) is 6.28. The number of hydrogen-bond donors (Lipinski definition) is 3. The van der Waals surface area contributed by atoms with Crippen LogP contribution in [0.1, 0.15) is 32.8 Å². The number of carboxylic acid groups (broad SMARTS) is 2. The number of carbonyl (C=O) groups excluding carboxylic acids is 1. The second kappa shape index (κ2) is 8.33. The number of aliphatic carboxylic acids is 2. The third-order valence-corrected chi connectivity index (χ3v) is 3.62.